The number of anilines is 1. The van der Waals surface area contributed by atoms with Gasteiger partial charge >= 0.3 is 0 Å². The molecule has 1 aromatic heterocycles. The first kappa shape index (κ1) is 21.5. The van der Waals surface area contributed by atoms with Crippen molar-refractivity contribution >= 4 is 17.5 Å². The number of rotatable bonds is 6. The molecule has 0 fully saturated rings. The van der Waals surface area contributed by atoms with Crippen LogP contribution in [0.15, 0.2) is 36.4 Å². The molecule has 9 heteroatoms. The molecule has 0 saturated carbocycles. The van der Waals surface area contributed by atoms with Crippen LogP contribution in [-0.4, -0.2) is 35.2 Å². The number of methoxy groups -OCH3 is 1. The molecule has 0 saturated heterocycles. The number of carbonyl (C=O) groups excluding carboxylic acids is 2. The smallest absolute Gasteiger partial charge is 0.226 e. The fraction of sp³-hybridized carbons (Fsp3) is 0.261. The minimum atomic E-state index is -0.839. The van der Waals surface area contributed by atoms with Gasteiger partial charge < -0.3 is 14.8 Å². The number of ether oxygens (including phenoxy) is 2. The van der Waals surface area contributed by atoms with Crippen LogP contribution in [0.3, 0.4) is 0 Å². The van der Waals surface area contributed by atoms with E-state index < -0.39 is 23.5 Å². The Morgan fingerprint density at radius 1 is 1.22 bits per heavy atom. The molecule has 0 aliphatic carbocycles. The predicted molar refractivity (Wildman–Crippen MR) is 113 cm³/mol. The van der Waals surface area contributed by atoms with Crippen molar-refractivity contribution in [3.05, 3.63) is 64.9 Å². The van der Waals surface area contributed by atoms with E-state index in [2.05, 4.69) is 10.4 Å². The molecular weight excluding hydrogens is 420 g/mol. The predicted octanol–water partition coefficient (Wildman–Crippen LogP) is 4.17. The lowest BCUT2D eigenvalue weighted by Gasteiger charge is -2.23. The molecule has 3 aromatic rings. The maximum Gasteiger partial charge on any atom is 0.226 e. The summed E-state index contributed by atoms with van der Waals surface area (Å²) in [6, 6.07) is 7.88. The Kier molecular flexibility index (Phi) is 5.65. The Labute approximate surface area is 182 Å². The second kappa shape index (κ2) is 8.41. The van der Waals surface area contributed by atoms with E-state index in [1.807, 2.05) is 6.92 Å². The number of hydrogen-bond donors (Lipinski definition) is 1. The van der Waals surface area contributed by atoms with Crippen molar-refractivity contribution in [1.82, 2.24) is 9.78 Å². The summed E-state index contributed by atoms with van der Waals surface area (Å²) in [5.74, 6) is -2.00. The summed E-state index contributed by atoms with van der Waals surface area (Å²) in [6.45, 7) is 3.95. The third kappa shape index (κ3) is 3.70. The number of Topliss-reactive ketones (excluding diaryl/α,β-unsaturated/α-hetero) is 1. The van der Waals surface area contributed by atoms with Gasteiger partial charge in [0, 0.05) is 23.6 Å². The van der Waals surface area contributed by atoms with Crippen molar-refractivity contribution in [1.29, 1.82) is 0 Å². The molecule has 0 unspecified atom stereocenters. The van der Waals surface area contributed by atoms with Crippen LogP contribution in [0, 0.1) is 18.6 Å². The first-order chi connectivity index (χ1) is 15.3. The molecule has 2 aromatic carbocycles. The fourth-order valence-corrected chi connectivity index (χ4v) is 3.90. The largest absolute Gasteiger partial charge is 0.493 e. The van der Waals surface area contributed by atoms with E-state index in [-0.39, 0.29) is 23.7 Å². The lowest BCUT2D eigenvalue weighted by Crippen LogP contribution is -2.28. The van der Waals surface area contributed by atoms with E-state index in [0.29, 0.717) is 34.9 Å². The van der Waals surface area contributed by atoms with Gasteiger partial charge in [-0.15, -0.1) is 0 Å². The maximum absolute atomic E-state index is 14.4. The van der Waals surface area contributed by atoms with Crippen LogP contribution >= 0.6 is 0 Å². The SMILES string of the molecule is CCOc1ccc(C(=O)[C@H]2CC(=O)Nc3c2c(C)nn3-c2ccc(F)cc2F)cc1OC. The zero-order valence-electron chi connectivity index (χ0n) is 17.7. The normalized spacial score (nSPS) is 15.2. The summed E-state index contributed by atoms with van der Waals surface area (Å²) < 4.78 is 39.8. The number of halogens is 2. The zero-order valence-corrected chi connectivity index (χ0v) is 17.7. The van der Waals surface area contributed by atoms with Crippen LogP contribution in [0.1, 0.15) is 40.9 Å². The first-order valence-corrected chi connectivity index (χ1v) is 10.0. The summed E-state index contributed by atoms with van der Waals surface area (Å²) in [6.07, 6.45) is -0.0835. The van der Waals surface area contributed by atoms with Crippen LogP contribution in [0.25, 0.3) is 5.69 Å². The monoisotopic (exact) mass is 441 g/mol. The van der Waals surface area contributed by atoms with Crippen molar-refractivity contribution in [3.8, 4) is 17.2 Å². The van der Waals surface area contributed by atoms with Crippen LogP contribution in [0.4, 0.5) is 14.6 Å². The van der Waals surface area contributed by atoms with Crippen molar-refractivity contribution < 1.29 is 27.8 Å². The number of hydrogen-bond acceptors (Lipinski definition) is 5. The number of carbonyl (C=O) groups is 2. The van der Waals surface area contributed by atoms with Crippen molar-refractivity contribution in [3.63, 3.8) is 0 Å². The standard InChI is InChI=1S/C23H21F2N3O4/c1-4-32-18-8-5-13(9-19(18)31-3)22(30)15-11-20(29)26-23-21(15)12(2)27-28(23)17-7-6-14(24)10-16(17)25/h5-10,15H,4,11H2,1-3H3,(H,26,29)/t15-/m0/s1. The van der Waals surface area contributed by atoms with E-state index in [1.54, 1.807) is 25.1 Å². The topological polar surface area (TPSA) is 82.5 Å². The second-order valence-corrected chi connectivity index (χ2v) is 7.32. The van der Waals surface area contributed by atoms with E-state index in [9.17, 15) is 18.4 Å². The molecular formula is C23H21F2N3O4. The van der Waals surface area contributed by atoms with Crippen LogP contribution in [-0.2, 0) is 4.79 Å². The number of ketones is 1. The summed E-state index contributed by atoms with van der Waals surface area (Å²) in [5, 5.41) is 7.01. The van der Waals surface area contributed by atoms with E-state index in [0.717, 1.165) is 12.1 Å². The summed E-state index contributed by atoms with van der Waals surface area (Å²) in [7, 11) is 1.48. The van der Waals surface area contributed by atoms with E-state index in [1.165, 1.54) is 17.9 Å². The fourth-order valence-electron chi connectivity index (χ4n) is 3.90. The quantitative estimate of drug-likeness (QED) is 0.581. The van der Waals surface area contributed by atoms with Gasteiger partial charge in [-0.2, -0.15) is 5.10 Å². The number of nitrogens with zero attached hydrogens (tertiary/aromatic N) is 2. The third-order valence-corrected chi connectivity index (χ3v) is 5.30. The highest BCUT2D eigenvalue weighted by Gasteiger charge is 2.37. The molecule has 0 bridgehead atoms. The van der Waals surface area contributed by atoms with Crippen LogP contribution in [0.5, 0.6) is 11.5 Å². The van der Waals surface area contributed by atoms with Gasteiger partial charge in [-0.3, -0.25) is 9.59 Å². The Morgan fingerprint density at radius 2 is 2.00 bits per heavy atom. The van der Waals surface area contributed by atoms with Gasteiger partial charge in [0.2, 0.25) is 5.91 Å². The Hall–Kier alpha value is -3.75. The molecule has 4 rings (SSSR count). The molecule has 2 heterocycles. The first-order valence-electron chi connectivity index (χ1n) is 10.0. The van der Waals surface area contributed by atoms with Crippen LogP contribution < -0.4 is 14.8 Å². The zero-order chi connectivity index (χ0) is 23.0. The number of nitrogens with one attached hydrogen (secondary N) is 1. The van der Waals surface area contributed by atoms with Gasteiger partial charge in [-0.25, -0.2) is 13.5 Å². The number of fused-ring (bicyclic) bond motifs is 1. The molecule has 166 valence electrons. The molecule has 1 atom stereocenters. The number of benzene rings is 2. The number of aromatic nitrogens is 2. The maximum atomic E-state index is 14.4. The number of aryl methyl sites for hydroxylation is 1. The Morgan fingerprint density at radius 3 is 2.69 bits per heavy atom. The third-order valence-electron chi connectivity index (χ3n) is 5.30. The molecule has 0 radical (unpaired) electrons. The highest BCUT2D eigenvalue weighted by Crippen LogP contribution is 2.39. The minimum Gasteiger partial charge on any atom is -0.493 e. The van der Waals surface area contributed by atoms with Crippen molar-refractivity contribution in [2.24, 2.45) is 0 Å². The summed E-state index contributed by atoms with van der Waals surface area (Å²) in [5.41, 5.74) is 1.26. The van der Waals surface area contributed by atoms with Crippen molar-refractivity contribution in [2.75, 3.05) is 19.0 Å². The molecule has 7 nitrogen and oxygen atoms in total. The molecule has 32 heavy (non-hydrogen) atoms. The molecule has 1 amide bonds. The van der Waals surface area contributed by atoms with Gasteiger partial charge in [0.1, 0.15) is 17.3 Å². The lowest BCUT2D eigenvalue weighted by atomic mass is 9.85. The second-order valence-electron chi connectivity index (χ2n) is 7.32. The molecule has 1 aliphatic rings. The van der Waals surface area contributed by atoms with Gasteiger partial charge in [-0.1, -0.05) is 0 Å². The highest BCUT2D eigenvalue weighted by molar-refractivity contribution is 6.08. The van der Waals surface area contributed by atoms with Gasteiger partial charge in [0.25, 0.3) is 0 Å². The summed E-state index contributed by atoms with van der Waals surface area (Å²) >= 11 is 0. The molecule has 1 aliphatic heterocycles. The van der Waals surface area contributed by atoms with E-state index in [4.69, 9.17) is 9.47 Å². The average Bonchev–Trinajstić information content (AvgIpc) is 3.09. The molecule has 0 spiro atoms. The van der Waals surface area contributed by atoms with Crippen LogP contribution in [0.2, 0.25) is 0 Å². The summed E-state index contributed by atoms with van der Waals surface area (Å²) in [4.78, 5) is 25.9. The average molecular weight is 441 g/mol. The van der Waals surface area contributed by atoms with Gasteiger partial charge in [0.05, 0.1) is 25.3 Å². The number of amides is 1. The Balaban J connectivity index is 1.78. The van der Waals surface area contributed by atoms with Gasteiger partial charge in [-0.05, 0) is 44.2 Å². The minimum absolute atomic E-state index is 0.0353. The van der Waals surface area contributed by atoms with Gasteiger partial charge in [0.15, 0.2) is 23.1 Å². The highest BCUT2D eigenvalue weighted by atomic mass is 19.1. The molecule has 1 N–H and O–H groups in total. The van der Waals surface area contributed by atoms with Crippen molar-refractivity contribution in [2.45, 2.75) is 26.2 Å². The lowest BCUT2D eigenvalue weighted by molar-refractivity contribution is -0.116. The van der Waals surface area contributed by atoms with E-state index >= 15 is 0 Å². The Bertz CT molecular complexity index is 1220.